The molecule has 0 bridgehead atoms. The third kappa shape index (κ3) is 3.92. The van der Waals surface area contributed by atoms with Crippen molar-refractivity contribution >= 4 is 49.7 Å². The molecule has 0 atom stereocenters. The van der Waals surface area contributed by atoms with Gasteiger partial charge in [-0.3, -0.25) is 10.1 Å². The van der Waals surface area contributed by atoms with E-state index in [9.17, 15) is 10.1 Å². The van der Waals surface area contributed by atoms with Gasteiger partial charge in [0.05, 0.1) is 15.1 Å². The average Bonchev–Trinajstić information content (AvgIpc) is 3.12. The highest BCUT2D eigenvalue weighted by molar-refractivity contribution is 7.22. The fraction of sp³-hybridized carbons (Fsp3) is 0.190. The molecular formula is C21H20N6O2S. The van der Waals surface area contributed by atoms with E-state index in [1.165, 1.54) is 23.2 Å². The van der Waals surface area contributed by atoms with E-state index in [1.54, 1.807) is 0 Å². The summed E-state index contributed by atoms with van der Waals surface area (Å²) in [7, 11) is 0. The van der Waals surface area contributed by atoms with Crippen LogP contribution in [0.5, 0.6) is 0 Å². The molecule has 0 spiro atoms. The number of nitro groups is 1. The lowest BCUT2D eigenvalue weighted by molar-refractivity contribution is -0.383. The number of hydrogen-bond donors (Lipinski definition) is 2. The number of fused-ring (bicyclic) bond motifs is 1. The van der Waals surface area contributed by atoms with Gasteiger partial charge >= 0.3 is 5.69 Å². The van der Waals surface area contributed by atoms with Crippen molar-refractivity contribution in [1.82, 2.24) is 15.0 Å². The van der Waals surface area contributed by atoms with Crippen LogP contribution in [0.15, 0.2) is 48.8 Å². The van der Waals surface area contributed by atoms with Crippen LogP contribution in [0.4, 0.5) is 28.1 Å². The molecule has 2 aromatic heterocycles. The van der Waals surface area contributed by atoms with E-state index < -0.39 is 4.92 Å². The summed E-state index contributed by atoms with van der Waals surface area (Å²) in [5.41, 5.74) is 3.57. The van der Waals surface area contributed by atoms with Crippen LogP contribution in [-0.2, 0) is 0 Å². The van der Waals surface area contributed by atoms with Crippen LogP contribution in [0, 0.1) is 17.0 Å². The third-order valence-electron chi connectivity index (χ3n) is 4.69. The van der Waals surface area contributed by atoms with Crippen LogP contribution < -0.4 is 10.6 Å². The van der Waals surface area contributed by atoms with Gasteiger partial charge in [-0.2, -0.15) is 0 Å². The van der Waals surface area contributed by atoms with Gasteiger partial charge < -0.3 is 10.6 Å². The molecule has 0 saturated carbocycles. The lowest BCUT2D eigenvalue weighted by Gasteiger charge is -2.10. The fourth-order valence-corrected chi connectivity index (χ4v) is 4.01. The van der Waals surface area contributed by atoms with Crippen LogP contribution in [0.2, 0.25) is 0 Å². The lowest BCUT2D eigenvalue weighted by Crippen LogP contribution is -2.05. The number of thiazole rings is 1. The highest BCUT2D eigenvalue weighted by Gasteiger charge is 2.24. The number of aromatic nitrogens is 3. The van der Waals surface area contributed by atoms with E-state index in [4.69, 9.17) is 0 Å². The van der Waals surface area contributed by atoms with Crippen molar-refractivity contribution in [2.75, 3.05) is 10.6 Å². The van der Waals surface area contributed by atoms with E-state index in [0.717, 1.165) is 15.8 Å². The van der Waals surface area contributed by atoms with Gasteiger partial charge in [-0.15, -0.1) is 0 Å². The van der Waals surface area contributed by atoms with Gasteiger partial charge in [0.1, 0.15) is 6.33 Å². The van der Waals surface area contributed by atoms with Crippen LogP contribution in [-0.4, -0.2) is 19.9 Å². The second kappa shape index (κ2) is 8.03. The first kappa shape index (κ1) is 19.7. The van der Waals surface area contributed by atoms with Gasteiger partial charge in [-0.05, 0) is 42.2 Å². The maximum Gasteiger partial charge on any atom is 0.353 e. The molecule has 0 amide bonds. The molecule has 2 heterocycles. The molecule has 8 nitrogen and oxygen atoms in total. The van der Waals surface area contributed by atoms with Crippen molar-refractivity contribution in [3.63, 3.8) is 0 Å². The molecule has 2 aromatic carbocycles. The summed E-state index contributed by atoms with van der Waals surface area (Å²) >= 11 is 1.42. The summed E-state index contributed by atoms with van der Waals surface area (Å²) in [6, 6.07) is 13.6. The number of nitrogens with one attached hydrogen (secondary N) is 2. The molecule has 0 fully saturated rings. The predicted molar refractivity (Wildman–Crippen MR) is 120 cm³/mol. The largest absolute Gasteiger partial charge is 0.353 e. The second-order valence-electron chi connectivity index (χ2n) is 7.14. The lowest BCUT2D eigenvalue weighted by atomic mass is 10.0. The molecule has 2 N–H and O–H groups in total. The predicted octanol–water partition coefficient (Wildman–Crippen LogP) is 5.91. The van der Waals surface area contributed by atoms with Gasteiger partial charge in [0.15, 0.2) is 5.13 Å². The minimum Gasteiger partial charge on any atom is -0.334 e. The standard InChI is InChI=1S/C21H20N6O2S/c1-12(2)14-7-9-15(10-8-14)24-19-18(27(28)29)20(23-11-22-19)26-21-25-17-13(3)5-4-6-16(17)30-21/h4-12H,1-3H3,(H2,22,23,24,25,26). The highest BCUT2D eigenvalue weighted by Crippen LogP contribution is 2.35. The number of aryl methyl sites for hydroxylation is 1. The summed E-state index contributed by atoms with van der Waals surface area (Å²) in [6.45, 7) is 6.20. The van der Waals surface area contributed by atoms with Crippen LogP contribution in [0.25, 0.3) is 10.2 Å². The molecule has 30 heavy (non-hydrogen) atoms. The number of hydrogen-bond acceptors (Lipinski definition) is 8. The smallest absolute Gasteiger partial charge is 0.334 e. The Hall–Kier alpha value is -3.59. The fourth-order valence-electron chi connectivity index (χ4n) is 3.06. The van der Waals surface area contributed by atoms with E-state index in [-0.39, 0.29) is 17.3 Å². The molecule has 0 radical (unpaired) electrons. The Morgan fingerprint density at radius 2 is 1.73 bits per heavy atom. The molecule has 0 aliphatic heterocycles. The van der Waals surface area contributed by atoms with Gasteiger partial charge in [0.25, 0.3) is 0 Å². The normalized spacial score (nSPS) is 11.1. The molecule has 0 aliphatic carbocycles. The number of para-hydroxylation sites is 1. The second-order valence-corrected chi connectivity index (χ2v) is 8.17. The van der Waals surface area contributed by atoms with Crippen molar-refractivity contribution in [2.24, 2.45) is 0 Å². The van der Waals surface area contributed by atoms with Crippen LogP contribution in [0.3, 0.4) is 0 Å². The Kier molecular flexibility index (Phi) is 5.28. The van der Waals surface area contributed by atoms with Crippen molar-refractivity contribution in [1.29, 1.82) is 0 Å². The average molecular weight is 420 g/mol. The Morgan fingerprint density at radius 3 is 2.37 bits per heavy atom. The number of anilines is 4. The number of benzene rings is 2. The molecule has 0 saturated heterocycles. The highest BCUT2D eigenvalue weighted by atomic mass is 32.1. The zero-order chi connectivity index (χ0) is 21.3. The topological polar surface area (TPSA) is 106 Å². The monoisotopic (exact) mass is 420 g/mol. The zero-order valence-corrected chi connectivity index (χ0v) is 17.5. The number of rotatable bonds is 6. The maximum atomic E-state index is 11.8. The minimum absolute atomic E-state index is 0.0907. The van der Waals surface area contributed by atoms with Crippen molar-refractivity contribution < 1.29 is 4.92 Å². The quantitative estimate of drug-likeness (QED) is 0.295. The Morgan fingerprint density at radius 1 is 1.03 bits per heavy atom. The van der Waals surface area contributed by atoms with E-state index >= 15 is 0 Å². The zero-order valence-electron chi connectivity index (χ0n) is 16.7. The molecular weight excluding hydrogens is 400 g/mol. The van der Waals surface area contributed by atoms with Gasteiger partial charge in [0, 0.05) is 5.69 Å². The molecule has 4 rings (SSSR count). The summed E-state index contributed by atoms with van der Waals surface area (Å²) in [6.07, 6.45) is 1.29. The Bertz CT molecular complexity index is 1220. The molecule has 152 valence electrons. The molecule has 0 unspecified atom stereocenters. The van der Waals surface area contributed by atoms with E-state index in [1.807, 2.05) is 49.4 Å². The number of nitrogens with zero attached hydrogens (tertiary/aromatic N) is 4. The Balaban J connectivity index is 1.67. The van der Waals surface area contributed by atoms with E-state index in [0.29, 0.717) is 16.7 Å². The SMILES string of the molecule is Cc1cccc2sc(Nc3ncnc(Nc4ccc(C(C)C)cc4)c3[N+](=O)[O-])nc12. The molecule has 4 aromatic rings. The third-order valence-corrected chi connectivity index (χ3v) is 5.63. The molecule has 0 aliphatic rings. The summed E-state index contributed by atoms with van der Waals surface area (Å²) in [5, 5.41) is 18.4. The maximum absolute atomic E-state index is 11.8. The van der Waals surface area contributed by atoms with Crippen molar-refractivity contribution in [2.45, 2.75) is 26.7 Å². The summed E-state index contributed by atoms with van der Waals surface area (Å²) in [5.74, 6) is 0.612. The van der Waals surface area contributed by atoms with Crippen molar-refractivity contribution in [3.8, 4) is 0 Å². The van der Waals surface area contributed by atoms with Gasteiger partial charge in [-0.1, -0.05) is 49.4 Å². The van der Waals surface area contributed by atoms with Crippen molar-refractivity contribution in [3.05, 3.63) is 70.0 Å². The first-order valence-electron chi connectivity index (χ1n) is 9.42. The van der Waals surface area contributed by atoms with Gasteiger partial charge in [-0.25, -0.2) is 15.0 Å². The summed E-state index contributed by atoms with van der Waals surface area (Å²) < 4.78 is 0.998. The minimum atomic E-state index is -0.494. The molecule has 9 heteroatoms. The van der Waals surface area contributed by atoms with E-state index in [2.05, 4.69) is 39.4 Å². The van der Waals surface area contributed by atoms with Crippen LogP contribution >= 0.6 is 11.3 Å². The van der Waals surface area contributed by atoms with Crippen LogP contribution in [0.1, 0.15) is 30.9 Å². The summed E-state index contributed by atoms with van der Waals surface area (Å²) in [4.78, 5) is 24.1. The Labute approximate surface area is 177 Å². The van der Waals surface area contributed by atoms with Gasteiger partial charge in [0.2, 0.25) is 11.6 Å². The first-order chi connectivity index (χ1) is 14.4. The first-order valence-corrected chi connectivity index (χ1v) is 10.2.